The minimum absolute atomic E-state index is 0.118. The Hall–Kier alpha value is -0.491. The Morgan fingerprint density at radius 3 is 1.93 bits per heavy atom. The Morgan fingerprint density at radius 1 is 0.931 bits per heavy atom. The number of hydrogen-bond acceptors (Lipinski definition) is 3. The average Bonchev–Trinajstić information content (AvgIpc) is 2.68. The van der Waals surface area contributed by atoms with Crippen molar-refractivity contribution in [3.63, 3.8) is 0 Å². The molecular formula is C24H40N2OSSn. The van der Waals surface area contributed by atoms with E-state index in [2.05, 4.69) is 50.5 Å². The van der Waals surface area contributed by atoms with Crippen LogP contribution in [0.25, 0.3) is 10.9 Å². The van der Waals surface area contributed by atoms with Gasteiger partial charge in [0.25, 0.3) is 0 Å². The van der Waals surface area contributed by atoms with Crippen molar-refractivity contribution in [2.45, 2.75) is 104 Å². The molecule has 5 heteroatoms. The summed E-state index contributed by atoms with van der Waals surface area (Å²) in [6, 6.07) is 7.85. The number of rotatable bonds is 11. The fraction of sp³-hybridized carbons (Fsp3) is 0.667. The molecule has 162 valence electrons. The number of unbranched alkanes of at least 4 members (excludes halogenated alkanes) is 3. The number of aromatic nitrogens is 2. The van der Waals surface area contributed by atoms with E-state index in [-0.39, 0.29) is 11.1 Å². The molecule has 0 saturated carbocycles. The summed E-state index contributed by atoms with van der Waals surface area (Å²) in [5.74, 6) is 0. The summed E-state index contributed by atoms with van der Waals surface area (Å²) in [4.78, 5) is 18.5. The predicted molar refractivity (Wildman–Crippen MR) is 132 cm³/mol. The van der Waals surface area contributed by atoms with Crippen molar-refractivity contribution in [2.75, 3.05) is 0 Å². The molecule has 0 atom stereocenters. The molecule has 1 heterocycles. The summed E-state index contributed by atoms with van der Waals surface area (Å²) in [5.41, 5.74) is 0.698. The quantitative estimate of drug-likeness (QED) is 0.225. The molecule has 2 rings (SSSR count). The van der Waals surface area contributed by atoms with Gasteiger partial charge in [0.15, 0.2) is 0 Å². The second-order valence-electron chi connectivity index (χ2n) is 9.32. The van der Waals surface area contributed by atoms with Gasteiger partial charge in [0.05, 0.1) is 0 Å². The van der Waals surface area contributed by atoms with Crippen molar-refractivity contribution in [3.8, 4) is 0 Å². The van der Waals surface area contributed by atoms with E-state index in [1.165, 1.54) is 51.8 Å². The van der Waals surface area contributed by atoms with E-state index in [9.17, 15) is 4.79 Å². The van der Waals surface area contributed by atoms with Crippen LogP contribution in [0.5, 0.6) is 0 Å². The maximum atomic E-state index is 13.5. The first-order valence-electron chi connectivity index (χ1n) is 11.5. The zero-order valence-electron chi connectivity index (χ0n) is 19.4. The van der Waals surface area contributed by atoms with Crippen LogP contribution in [0.1, 0.15) is 80.1 Å². The number of benzene rings is 1. The summed E-state index contributed by atoms with van der Waals surface area (Å²) in [7, 11) is 2.10. The first kappa shape index (κ1) is 24.8. The van der Waals surface area contributed by atoms with Gasteiger partial charge in [-0.2, -0.15) is 0 Å². The van der Waals surface area contributed by atoms with Crippen molar-refractivity contribution in [2.24, 2.45) is 0 Å². The number of fused-ring (bicyclic) bond motifs is 1. The molecule has 0 amide bonds. The molecule has 0 aliphatic heterocycles. The SMILES string of the molecule is CCC[CH2][Sn]([CH2]CCC)([CH2]CCC)[S]c1nc2ccccc2c(=O)n1C(C)(C)C. The van der Waals surface area contributed by atoms with Crippen LogP contribution in [0, 0.1) is 0 Å². The molecule has 0 bridgehead atoms. The van der Waals surface area contributed by atoms with E-state index in [0.717, 1.165) is 16.1 Å². The van der Waals surface area contributed by atoms with Gasteiger partial charge < -0.3 is 0 Å². The number of hydrogen-bond donors (Lipinski definition) is 0. The monoisotopic (exact) mass is 524 g/mol. The second kappa shape index (κ2) is 11.2. The Morgan fingerprint density at radius 2 is 1.45 bits per heavy atom. The van der Waals surface area contributed by atoms with Crippen LogP contribution < -0.4 is 5.56 Å². The molecule has 0 spiro atoms. The first-order valence-corrected chi connectivity index (χ1v) is 21.9. The molecule has 0 aliphatic carbocycles. The Bertz CT molecular complexity index is 819. The van der Waals surface area contributed by atoms with Gasteiger partial charge in [0.1, 0.15) is 0 Å². The van der Waals surface area contributed by atoms with Gasteiger partial charge in [0, 0.05) is 0 Å². The molecule has 0 N–H and O–H groups in total. The normalized spacial score (nSPS) is 12.6. The molecular weight excluding hydrogens is 483 g/mol. The van der Waals surface area contributed by atoms with Crippen LogP contribution in [0.2, 0.25) is 13.3 Å². The van der Waals surface area contributed by atoms with E-state index >= 15 is 0 Å². The van der Waals surface area contributed by atoms with Gasteiger partial charge >= 0.3 is 185 Å². The molecule has 1 aromatic heterocycles. The summed E-state index contributed by atoms with van der Waals surface area (Å²) in [6.07, 6.45) is 7.75. The summed E-state index contributed by atoms with van der Waals surface area (Å²) < 4.78 is 6.21. The van der Waals surface area contributed by atoms with Crippen LogP contribution in [0.15, 0.2) is 34.2 Å². The average molecular weight is 523 g/mol. The van der Waals surface area contributed by atoms with Gasteiger partial charge in [-0.3, -0.25) is 0 Å². The van der Waals surface area contributed by atoms with E-state index in [1.807, 2.05) is 28.8 Å². The Balaban J connectivity index is 2.62. The van der Waals surface area contributed by atoms with Crippen LogP contribution in [-0.2, 0) is 5.54 Å². The molecule has 0 radical (unpaired) electrons. The molecule has 2 aromatic rings. The second-order valence-corrected chi connectivity index (χ2v) is 28.5. The van der Waals surface area contributed by atoms with Gasteiger partial charge in [-0.25, -0.2) is 0 Å². The number of para-hydroxylation sites is 1. The Labute approximate surface area is 184 Å². The van der Waals surface area contributed by atoms with Crippen molar-refractivity contribution in [1.82, 2.24) is 9.55 Å². The van der Waals surface area contributed by atoms with E-state index < -0.39 is 17.0 Å². The van der Waals surface area contributed by atoms with Crippen molar-refractivity contribution < 1.29 is 0 Å². The van der Waals surface area contributed by atoms with Crippen molar-refractivity contribution in [3.05, 3.63) is 34.6 Å². The Kier molecular flexibility index (Phi) is 9.58. The van der Waals surface area contributed by atoms with Crippen LogP contribution >= 0.6 is 8.95 Å². The van der Waals surface area contributed by atoms with E-state index in [0.29, 0.717) is 0 Å². The summed E-state index contributed by atoms with van der Waals surface area (Å²) in [6.45, 7) is 13.3. The third kappa shape index (κ3) is 6.49. The minimum atomic E-state index is -2.54. The fourth-order valence-corrected chi connectivity index (χ4v) is 26.0. The van der Waals surface area contributed by atoms with Crippen LogP contribution in [0.3, 0.4) is 0 Å². The summed E-state index contributed by atoms with van der Waals surface area (Å²) >= 11 is -2.54. The van der Waals surface area contributed by atoms with Crippen molar-refractivity contribution >= 4 is 36.8 Å². The fourth-order valence-electron chi connectivity index (χ4n) is 3.99. The summed E-state index contributed by atoms with van der Waals surface area (Å²) in [5, 5.41) is 1.73. The molecule has 29 heavy (non-hydrogen) atoms. The van der Waals surface area contributed by atoms with Gasteiger partial charge in [-0.05, 0) is 0 Å². The molecule has 1 aromatic carbocycles. The number of nitrogens with zero attached hydrogens (tertiary/aromatic N) is 2. The third-order valence-electron chi connectivity index (χ3n) is 5.68. The molecule has 3 nitrogen and oxygen atoms in total. The van der Waals surface area contributed by atoms with Crippen molar-refractivity contribution in [1.29, 1.82) is 0 Å². The zero-order valence-corrected chi connectivity index (χ0v) is 23.1. The zero-order chi connectivity index (χ0) is 21.5. The molecule has 0 aliphatic rings. The predicted octanol–water partition coefficient (Wildman–Crippen LogP) is 7.59. The topological polar surface area (TPSA) is 34.9 Å². The molecule has 0 unspecified atom stereocenters. The molecule has 0 fully saturated rings. The van der Waals surface area contributed by atoms with Crippen LogP contribution in [-0.4, -0.2) is 26.5 Å². The first-order chi connectivity index (χ1) is 13.8. The third-order valence-corrected chi connectivity index (χ3v) is 26.8. The standard InChI is InChI=1S/C12H14N2OS.3C4H9.Sn/c1-12(2,3)14-10(15)8-6-4-5-7-9(8)13-11(14)16;3*1-3-4-2;/h4-7H,1-3H3,(H,13,16);3*1,3-4H2,2H3;/q;;;;+1/p-1. The van der Waals surface area contributed by atoms with E-state index in [4.69, 9.17) is 4.98 Å². The molecule has 0 saturated heterocycles. The van der Waals surface area contributed by atoms with Gasteiger partial charge in [-0.1, -0.05) is 0 Å². The van der Waals surface area contributed by atoms with Gasteiger partial charge in [0.2, 0.25) is 0 Å². The maximum absolute atomic E-state index is 13.5. The van der Waals surface area contributed by atoms with Crippen LogP contribution in [0.4, 0.5) is 0 Å². The van der Waals surface area contributed by atoms with E-state index in [1.54, 1.807) is 0 Å². The van der Waals surface area contributed by atoms with Gasteiger partial charge in [-0.15, -0.1) is 0 Å².